The molecular formula is C43H61BrF2O8. The van der Waals surface area contributed by atoms with Crippen LogP contribution in [0.1, 0.15) is 140 Å². The number of hydrogen-bond donors (Lipinski definition) is 0. The van der Waals surface area contributed by atoms with E-state index in [1.54, 1.807) is 12.1 Å². The zero-order valence-corrected chi connectivity index (χ0v) is 33.8. The Hall–Kier alpha value is -2.44. The molecule has 0 aromatic heterocycles. The van der Waals surface area contributed by atoms with Gasteiger partial charge in [-0.2, -0.15) is 0 Å². The molecule has 8 nitrogen and oxygen atoms in total. The predicted octanol–water partition coefficient (Wildman–Crippen LogP) is 10.2. The molecule has 302 valence electrons. The molecule has 4 saturated heterocycles. The highest BCUT2D eigenvalue weighted by Crippen LogP contribution is 2.46. The van der Waals surface area contributed by atoms with Gasteiger partial charge in [0.2, 0.25) is 0 Å². The van der Waals surface area contributed by atoms with Crippen molar-refractivity contribution >= 4 is 27.9 Å². The Labute approximate surface area is 329 Å². The first-order chi connectivity index (χ1) is 25.0. The van der Waals surface area contributed by atoms with Crippen LogP contribution in [-0.2, 0) is 44.4 Å². The van der Waals surface area contributed by atoms with Crippen LogP contribution in [0, 0.1) is 22.5 Å². The van der Waals surface area contributed by atoms with Crippen molar-refractivity contribution in [2.75, 3.05) is 39.6 Å². The van der Waals surface area contributed by atoms with E-state index < -0.39 is 22.0 Å². The molecule has 0 N–H and O–H groups in total. The van der Waals surface area contributed by atoms with Crippen LogP contribution in [0.3, 0.4) is 0 Å². The molecule has 2 spiro atoms. The van der Waals surface area contributed by atoms with Gasteiger partial charge in [-0.05, 0) is 150 Å². The number of carbonyl (C=O) groups is 2. The molecule has 4 aliphatic heterocycles. The first-order valence-corrected chi connectivity index (χ1v) is 19.9. The van der Waals surface area contributed by atoms with Crippen LogP contribution in [0.4, 0.5) is 8.78 Å². The summed E-state index contributed by atoms with van der Waals surface area (Å²) < 4.78 is 61.9. The maximum atomic E-state index is 13.9. The van der Waals surface area contributed by atoms with Crippen molar-refractivity contribution in [1.82, 2.24) is 0 Å². The first-order valence-electron chi connectivity index (χ1n) is 19.0. The van der Waals surface area contributed by atoms with Crippen LogP contribution < -0.4 is 0 Å². The highest BCUT2D eigenvalue weighted by atomic mass is 79.9. The summed E-state index contributed by atoms with van der Waals surface area (Å²) in [4.78, 5) is 24.0. The van der Waals surface area contributed by atoms with Crippen molar-refractivity contribution < 1.29 is 46.8 Å². The van der Waals surface area contributed by atoms with E-state index in [9.17, 15) is 18.4 Å². The van der Waals surface area contributed by atoms with Gasteiger partial charge in [-0.1, -0.05) is 35.5 Å². The van der Waals surface area contributed by atoms with Crippen LogP contribution in [0.25, 0.3) is 0 Å². The molecule has 4 aliphatic rings. The monoisotopic (exact) mass is 822 g/mol. The van der Waals surface area contributed by atoms with E-state index in [4.69, 9.17) is 28.4 Å². The van der Waals surface area contributed by atoms with E-state index in [0.29, 0.717) is 24.3 Å². The Kier molecular flexibility index (Phi) is 15.3. The van der Waals surface area contributed by atoms with Crippen molar-refractivity contribution in [1.29, 1.82) is 0 Å². The van der Waals surface area contributed by atoms with E-state index in [1.165, 1.54) is 24.3 Å². The number of rotatable bonds is 6. The Morgan fingerprint density at radius 1 is 0.741 bits per heavy atom. The van der Waals surface area contributed by atoms with E-state index in [0.717, 1.165) is 88.9 Å². The molecule has 3 atom stereocenters. The Morgan fingerprint density at radius 2 is 1.20 bits per heavy atom. The lowest BCUT2D eigenvalue weighted by Gasteiger charge is -2.43. The van der Waals surface area contributed by atoms with Gasteiger partial charge in [0, 0.05) is 26.4 Å². The fraction of sp³-hybridized carbons (Fsp3) is 0.674. The number of hydrogen-bond acceptors (Lipinski definition) is 8. The van der Waals surface area contributed by atoms with Gasteiger partial charge in [0.25, 0.3) is 0 Å². The maximum absolute atomic E-state index is 13.9. The molecule has 54 heavy (non-hydrogen) atoms. The molecule has 11 heteroatoms. The third kappa shape index (κ3) is 12.3. The standard InChI is InChI=1S/C21H28BrFO4.C21H29FO4.CH4/c1-20(2,3)27-19(24)18(22)16-12-14(23)4-5-15(16)17-6-7-21(13-26-17)8-10-25-11-9-21;1-20(2,3)26-19(23)13-15-12-16(22)4-5-17(15)18-6-7-21(14-25-18)8-10-24-11-9-21;/h4-5,12,17-18H,6-11,13H2,1-3H3;4-5,12,18H,6-11,13-14H2,1-3H3;1H4. The molecular weight excluding hydrogens is 762 g/mol. The fourth-order valence-corrected chi connectivity index (χ4v) is 8.23. The SMILES string of the molecule is C.CC(C)(C)OC(=O)C(Br)c1cc(F)ccc1C1CCC2(CCOCC2)CO1.CC(C)(C)OC(=O)Cc1cc(F)ccc1C1CCC2(CCOCC2)CO1. The number of halogens is 3. The lowest BCUT2D eigenvalue weighted by atomic mass is 9.74. The first kappa shape index (κ1) is 44.3. The van der Waals surface area contributed by atoms with E-state index >= 15 is 0 Å². The van der Waals surface area contributed by atoms with E-state index in [2.05, 4.69) is 15.9 Å². The highest BCUT2D eigenvalue weighted by Gasteiger charge is 2.40. The van der Waals surface area contributed by atoms with Crippen LogP contribution in [0.2, 0.25) is 0 Å². The minimum atomic E-state index is -0.731. The summed E-state index contributed by atoms with van der Waals surface area (Å²) in [6.45, 7) is 15.5. The number of benzene rings is 2. The minimum absolute atomic E-state index is 0. The topological polar surface area (TPSA) is 89.5 Å². The molecule has 2 aromatic carbocycles. The van der Waals surface area contributed by atoms with Crippen LogP contribution in [0.5, 0.6) is 0 Å². The number of esters is 2. The predicted molar refractivity (Wildman–Crippen MR) is 207 cm³/mol. The summed E-state index contributed by atoms with van der Waals surface area (Å²) in [5.41, 5.74) is 2.26. The Balaban J connectivity index is 0.000000236. The van der Waals surface area contributed by atoms with Crippen LogP contribution in [0.15, 0.2) is 36.4 Å². The lowest BCUT2D eigenvalue weighted by Crippen LogP contribution is -2.38. The Bertz CT molecular complexity index is 1540. The molecule has 0 amide bonds. The van der Waals surface area contributed by atoms with Crippen LogP contribution >= 0.6 is 15.9 Å². The summed E-state index contributed by atoms with van der Waals surface area (Å²) in [5, 5.41) is 0. The van der Waals surface area contributed by atoms with Gasteiger partial charge in [-0.15, -0.1) is 0 Å². The highest BCUT2D eigenvalue weighted by molar-refractivity contribution is 9.09. The second kappa shape index (κ2) is 18.7. The number of carbonyl (C=O) groups excluding carboxylic acids is 2. The van der Waals surface area contributed by atoms with Gasteiger partial charge in [-0.25, -0.2) is 8.78 Å². The largest absolute Gasteiger partial charge is 0.460 e. The van der Waals surface area contributed by atoms with Crippen molar-refractivity contribution in [2.45, 2.75) is 135 Å². The quantitative estimate of drug-likeness (QED) is 0.210. The fourth-order valence-electron chi connectivity index (χ4n) is 7.74. The van der Waals surface area contributed by atoms with Crippen molar-refractivity contribution in [3.8, 4) is 0 Å². The van der Waals surface area contributed by atoms with E-state index in [1.807, 2.05) is 41.5 Å². The van der Waals surface area contributed by atoms with Gasteiger partial charge < -0.3 is 28.4 Å². The minimum Gasteiger partial charge on any atom is -0.460 e. The smallest absolute Gasteiger partial charge is 0.324 e. The molecule has 0 aliphatic carbocycles. The summed E-state index contributed by atoms with van der Waals surface area (Å²) in [5.74, 6) is -1.49. The molecule has 2 aromatic rings. The number of ether oxygens (including phenoxy) is 6. The third-order valence-electron chi connectivity index (χ3n) is 10.7. The normalized spacial score (nSPS) is 23.0. The third-order valence-corrected chi connectivity index (χ3v) is 11.5. The second-order valence-electron chi connectivity index (χ2n) is 17.2. The van der Waals surface area contributed by atoms with Crippen molar-refractivity contribution in [3.05, 3.63) is 70.3 Å². The average molecular weight is 824 g/mol. The number of alkyl halides is 1. The summed E-state index contributed by atoms with van der Waals surface area (Å²) in [6.07, 6.45) is 7.80. The van der Waals surface area contributed by atoms with Gasteiger partial charge in [0.15, 0.2) is 0 Å². The summed E-state index contributed by atoms with van der Waals surface area (Å²) in [6, 6.07) is 9.19. The zero-order chi connectivity index (χ0) is 38.4. The molecule has 4 heterocycles. The molecule has 3 unspecified atom stereocenters. The Morgan fingerprint density at radius 3 is 1.67 bits per heavy atom. The lowest BCUT2D eigenvalue weighted by molar-refractivity contribution is -0.155. The van der Waals surface area contributed by atoms with Crippen molar-refractivity contribution in [3.63, 3.8) is 0 Å². The summed E-state index contributed by atoms with van der Waals surface area (Å²) in [7, 11) is 0. The molecule has 0 radical (unpaired) electrons. The molecule has 0 bridgehead atoms. The van der Waals surface area contributed by atoms with Gasteiger partial charge in [0.05, 0.1) is 31.8 Å². The maximum Gasteiger partial charge on any atom is 0.324 e. The molecule has 4 fully saturated rings. The molecule has 0 saturated carbocycles. The van der Waals surface area contributed by atoms with Gasteiger partial charge in [-0.3, -0.25) is 9.59 Å². The van der Waals surface area contributed by atoms with E-state index in [-0.39, 0.29) is 54.5 Å². The van der Waals surface area contributed by atoms with Gasteiger partial charge >= 0.3 is 11.9 Å². The van der Waals surface area contributed by atoms with Crippen molar-refractivity contribution in [2.24, 2.45) is 10.8 Å². The zero-order valence-electron chi connectivity index (χ0n) is 32.2. The average Bonchev–Trinajstić information content (AvgIpc) is 3.08. The van der Waals surface area contributed by atoms with Crippen LogP contribution in [-0.4, -0.2) is 62.8 Å². The second-order valence-corrected chi connectivity index (χ2v) is 18.1. The summed E-state index contributed by atoms with van der Waals surface area (Å²) >= 11 is 3.41. The molecule has 6 rings (SSSR count). The van der Waals surface area contributed by atoms with Gasteiger partial charge in [0.1, 0.15) is 27.7 Å².